The van der Waals surface area contributed by atoms with Crippen molar-refractivity contribution in [2.24, 2.45) is 0 Å². The van der Waals surface area contributed by atoms with Gasteiger partial charge in [-0.25, -0.2) is 9.37 Å². The van der Waals surface area contributed by atoms with Crippen LogP contribution in [-0.4, -0.2) is 22.0 Å². The number of aromatic nitrogens is 2. The van der Waals surface area contributed by atoms with Crippen LogP contribution in [0.3, 0.4) is 0 Å². The number of benzene rings is 1. The number of imidazole rings is 1. The van der Waals surface area contributed by atoms with Crippen LogP contribution in [0.5, 0.6) is 0 Å². The van der Waals surface area contributed by atoms with Crippen molar-refractivity contribution < 1.29 is 9.18 Å². The van der Waals surface area contributed by atoms with Crippen LogP contribution in [0.4, 0.5) is 10.3 Å². The van der Waals surface area contributed by atoms with Crippen LogP contribution in [0, 0.1) is 5.82 Å². The largest absolute Gasteiger partial charge is 0.369 e. The number of hydrogen-bond donors (Lipinski definition) is 2. The maximum Gasteiger partial charge on any atom is 0.222 e. The van der Waals surface area contributed by atoms with Crippen molar-refractivity contribution in [1.82, 2.24) is 14.9 Å². The topological polar surface area (TPSA) is 72.9 Å². The number of nitrogens with two attached hydrogens (primary N) is 1. The van der Waals surface area contributed by atoms with Gasteiger partial charge in [0.15, 0.2) is 0 Å². The van der Waals surface area contributed by atoms with E-state index in [9.17, 15) is 9.18 Å². The third kappa shape index (κ3) is 1.52. The average Bonchev–Trinajstić information content (AvgIpc) is 2.81. The van der Waals surface area contributed by atoms with Crippen molar-refractivity contribution in [3.8, 4) is 0 Å². The number of nitrogens with one attached hydrogen (secondary N) is 1. The van der Waals surface area contributed by atoms with E-state index in [0.717, 1.165) is 0 Å². The lowest BCUT2D eigenvalue weighted by Crippen LogP contribution is -2.16. The highest BCUT2D eigenvalue weighted by Crippen LogP contribution is 2.27. The zero-order valence-electron chi connectivity index (χ0n) is 8.98. The number of rotatable bonds is 1. The van der Waals surface area contributed by atoms with Gasteiger partial charge in [0.25, 0.3) is 0 Å². The minimum atomic E-state index is -0.337. The summed E-state index contributed by atoms with van der Waals surface area (Å²) in [5.74, 6) is -0.0457. The number of fused-ring (bicyclic) bond motifs is 1. The first kappa shape index (κ1) is 10.1. The summed E-state index contributed by atoms with van der Waals surface area (Å²) >= 11 is 0. The van der Waals surface area contributed by atoms with E-state index in [1.807, 2.05) is 0 Å². The number of nitrogens with zero attached hydrogens (tertiary/aromatic N) is 2. The highest BCUT2D eigenvalue weighted by atomic mass is 19.1. The van der Waals surface area contributed by atoms with Crippen LogP contribution < -0.4 is 11.1 Å². The van der Waals surface area contributed by atoms with Gasteiger partial charge in [-0.05, 0) is 18.2 Å². The molecule has 1 amide bonds. The predicted molar refractivity (Wildman–Crippen MR) is 60.8 cm³/mol. The third-order valence-corrected chi connectivity index (χ3v) is 3.00. The van der Waals surface area contributed by atoms with Crippen molar-refractivity contribution in [1.29, 1.82) is 0 Å². The summed E-state index contributed by atoms with van der Waals surface area (Å²) in [6.07, 6.45) is 0.353. The molecule has 2 aromatic rings. The van der Waals surface area contributed by atoms with E-state index in [1.54, 1.807) is 10.6 Å². The van der Waals surface area contributed by atoms with Gasteiger partial charge in [0, 0.05) is 13.0 Å². The van der Waals surface area contributed by atoms with Gasteiger partial charge >= 0.3 is 0 Å². The molecule has 1 aliphatic heterocycles. The summed E-state index contributed by atoms with van der Waals surface area (Å²) in [6.45, 7) is 0.505. The van der Waals surface area contributed by atoms with Crippen LogP contribution in [0.2, 0.25) is 0 Å². The molecular formula is C11H11FN4O. The molecule has 0 bridgehead atoms. The fraction of sp³-hybridized carbons (Fsp3) is 0.273. The number of carbonyl (C=O) groups excluding carboxylic acids is 1. The molecule has 17 heavy (non-hydrogen) atoms. The summed E-state index contributed by atoms with van der Waals surface area (Å²) < 4.78 is 14.9. The predicted octanol–water partition coefficient (Wildman–Crippen LogP) is 0.819. The molecule has 3 N–H and O–H groups in total. The van der Waals surface area contributed by atoms with Gasteiger partial charge in [-0.2, -0.15) is 0 Å². The van der Waals surface area contributed by atoms with E-state index in [0.29, 0.717) is 29.9 Å². The van der Waals surface area contributed by atoms with Crippen molar-refractivity contribution >= 4 is 22.9 Å². The molecule has 0 aliphatic carbocycles. The lowest BCUT2D eigenvalue weighted by atomic mass is 10.2. The summed E-state index contributed by atoms with van der Waals surface area (Å²) in [5.41, 5.74) is 7.09. The van der Waals surface area contributed by atoms with E-state index >= 15 is 0 Å². The van der Waals surface area contributed by atoms with Gasteiger partial charge in [0.05, 0.1) is 17.1 Å². The lowest BCUT2D eigenvalue weighted by Gasteiger charge is -2.12. The SMILES string of the molecule is Nc1nc2ccc(F)cc2n1C1CNC(=O)C1. The molecule has 1 unspecified atom stereocenters. The van der Waals surface area contributed by atoms with E-state index in [4.69, 9.17) is 5.73 Å². The number of amides is 1. The molecule has 0 saturated carbocycles. The third-order valence-electron chi connectivity index (χ3n) is 3.00. The Kier molecular flexibility index (Phi) is 2.04. The molecule has 2 heterocycles. The average molecular weight is 234 g/mol. The first-order chi connectivity index (χ1) is 8.15. The van der Waals surface area contributed by atoms with Crippen molar-refractivity contribution in [3.63, 3.8) is 0 Å². The Hall–Kier alpha value is -2.11. The summed E-state index contributed by atoms with van der Waals surface area (Å²) in [5, 5.41) is 2.73. The molecule has 1 saturated heterocycles. The maximum atomic E-state index is 13.2. The van der Waals surface area contributed by atoms with Gasteiger partial charge in [0.2, 0.25) is 11.9 Å². The van der Waals surface area contributed by atoms with Gasteiger partial charge in [-0.15, -0.1) is 0 Å². The Bertz CT molecular complexity index is 607. The maximum absolute atomic E-state index is 13.2. The smallest absolute Gasteiger partial charge is 0.222 e. The number of carbonyl (C=O) groups is 1. The monoisotopic (exact) mass is 234 g/mol. The molecule has 1 atom stereocenters. The molecular weight excluding hydrogens is 223 g/mol. The zero-order chi connectivity index (χ0) is 12.0. The summed E-state index contributed by atoms with van der Waals surface area (Å²) in [6, 6.07) is 4.23. The molecule has 1 aromatic carbocycles. The molecule has 88 valence electrons. The minimum Gasteiger partial charge on any atom is -0.369 e. The molecule has 1 aromatic heterocycles. The summed E-state index contributed by atoms with van der Waals surface area (Å²) in [7, 11) is 0. The van der Waals surface area contributed by atoms with Gasteiger partial charge in [-0.1, -0.05) is 0 Å². The molecule has 1 aliphatic rings. The van der Waals surface area contributed by atoms with Crippen LogP contribution in [0.25, 0.3) is 11.0 Å². The van der Waals surface area contributed by atoms with Gasteiger partial charge in [-0.3, -0.25) is 4.79 Å². The molecule has 5 nitrogen and oxygen atoms in total. The van der Waals surface area contributed by atoms with Crippen molar-refractivity contribution in [2.45, 2.75) is 12.5 Å². The normalized spacial score (nSPS) is 19.8. The van der Waals surface area contributed by atoms with Crippen LogP contribution in [-0.2, 0) is 4.79 Å². The van der Waals surface area contributed by atoms with E-state index < -0.39 is 0 Å². The van der Waals surface area contributed by atoms with E-state index in [1.165, 1.54) is 12.1 Å². The highest BCUT2D eigenvalue weighted by Gasteiger charge is 2.26. The first-order valence-corrected chi connectivity index (χ1v) is 5.35. The number of anilines is 1. The molecule has 1 fully saturated rings. The zero-order valence-corrected chi connectivity index (χ0v) is 8.98. The van der Waals surface area contributed by atoms with Gasteiger partial charge in [0.1, 0.15) is 5.82 Å². The quantitative estimate of drug-likeness (QED) is 0.767. The fourth-order valence-corrected chi connectivity index (χ4v) is 2.24. The fourth-order valence-electron chi connectivity index (χ4n) is 2.24. The summed E-state index contributed by atoms with van der Waals surface area (Å²) in [4.78, 5) is 15.4. The first-order valence-electron chi connectivity index (χ1n) is 5.35. The second-order valence-corrected chi connectivity index (χ2v) is 4.14. The number of halogens is 1. The van der Waals surface area contributed by atoms with Crippen LogP contribution in [0.15, 0.2) is 18.2 Å². The van der Waals surface area contributed by atoms with Gasteiger partial charge < -0.3 is 15.6 Å². The Labute approximate surface area is 96.4 Å². The standard InChI is InChI=1S/C11H11FN4O/c12-6-1-2-8-9(3-6)16(11(13)15-8)7-4-10(17)14-5-7/h1-3,7H,4-5H2,(H2,13,15)(H,14,17). The number of hydrogen-bond acceptors (Lipinski definition) is 3. The van der Waals surface area contributed by atoms with Crippen molar-refractivity contribution in [3.05, 3.63) is 24.0 Å². The Balaban J connectivity index is 2.17. The highest BCUT2D eigenvalue weighted by molar-refractivity contribution is 5.81. The number of nitrogen functional groups attached to an aromatic ring is 1. The molecule has 0 radical (unpaired) electrons. The second-order valence-electron chi connectivity index (χ2n) is 4.14. The molecule has 3 rings (SSSR count). The molecule has 6 heteroatoms. The second kappa shape index (κ2) is 3.44. The Morgan fingerprint density at radius 3 is 3.06 bits per heavy atom. The lowest BCUT2D eigenvalue weighted by molar-refractivity contribution is -0.119. The minimum absolute atomic E-state index is 0.0207. The molecule has 0 spiro atoms. The van der Waals surface area contributed by atoms with Crippen molar-refractivity contribution in [2.75, 3.05) is 12.3 Å². The van der Waals surface area contributed by atoms with E-state index in [2.05, 4.69) is 10.3 Å². The van der Waals surface area contributed by atoms with Crippen LogP contribution in [0.1, 0.15) is 12.5 Å². The van der Waals surface area contributed by atoms with E-state index in [-0.39, 0.29) is 17.8 Å². The van der Waals surface area contributed by atoms with Crippen LogP contribution >= 0.6 is 0 Å². The Morgan fingerprint density at radius 2 is 2.35 bits per heavy atom. The Morgan fingerprint density at radius 1 is 1.53 bits per heavy atom.